The summed E-state index contributed by atoms with van der Waals surface area (Å²) in [6.07, 6.45) is 1.84. The lowest BCUT2D eigenvalue weighted by Crippen LogP contribution is -2.63. The fourth-order valence-electron chi connectivity index (χ4n) is 2.57. The van der Waals surface area contributed by atoms with Gasteiger partial charge in [-0.25, -0.2) is 4.39 Å². The maximum absolute atomic E-state index is 13.5. The van der Waals surface area contributed by atoms with E-state index >= 15 is 0 Å². The Labute approximate surface area is 131 Å². The molecular formula is C14H13Cl2FN2O2. The number of hydrogen-bond acceptors (Lipinski definition) is 2. The molecule has 1 aromatic rings. The van der Waals surface area contributed by atoms with E-state index in [2.05, 4.69) is 5.32 Å². The van der Waals surface area contributed by atoms with Crippen molar-refractivity contribution in [2.45, 2.75) is 31.8 Å². The van der Waals surface area contributed by atoms with Crippen LogP contribution < -0.4 is 10.2 Å². The van der Waals surface area contributed by atoms with Gasteiger partial charge >= 0.3 is 0 Å². The van der Waals surface area contributed by atoms with Gasteiger partial charge in [-0.05, 0) is 37.8 Å². The summed E-state index contributed by atoms with van der Waals surface area (Å²) in [6, 6.07) is 1.43. The Morgan fingerprint density at radius 1 is 1.24 bits per heavy atom. The predicted octanol–water partition coefficient (Wildman–Crippen LogP) is 2.76. The van der Waals surface area contributed by atoms with Gasteiger partial charge in [0.2, 0.25) is 5.91 Å². The second-order valence-electron chi connectivity index (χ2n) is 5.43. The number of piperazine rings is 1. The van der Waals surface area contributed by atoms with Crippen molar-refractivity contribution >= 4 is 40.7 Å². The summed E-state index contributed by atoms with van der Waals surface area (Å²) in [6.45, 7) is 1.61. The van der Waals surface area contributed by atoms with Gasteiger partial charge in [-0.3, -0.25) is 14.5 Å². The first-order valence-electron chi connectivity index (χ1n) is 6.68. The zero-order valence-corrected chi connectivity index (χ0v) is 12.7. The summed E-state index contributed by atoms with van der Waals surface area (Å²) in [7, 11) is 0. The normalized spacial score (nSPS) is 26.0. The summed E-state index contributed by atoms with van der Waals surface area (Å²) in [5.41, 5.74) is 0.337. The lowest BCUT2D eigenvalue weighted by atomic mass is 10.0. The van der Waals surface area contributed by atoms with Crippen LogP contribution in [0, 0.1) is 11.7 Å². The standard InChI is InChI=1S/C14H13Cl2FN2O2/c1-6-13(20)18-12(7-2-3-7)14(21)19(6)8-4-9(15)11(17)10(16)5-8/h4-7,12H,2-3H2,1H3,(H,18,20). The number of amides is 2. The Hall–Kier alpha value is -1.33. The average molecular weight is 331 g/mol. The molecule has 2 fully saturated rings. The number of hydrogen-bond donors (Lipinski definition) is 1. The Kier molecular flexibility index (Phi) is 3.58. The van der Waals surface area contributed by atoms with Crippen molar-refractivity contribution in [2.75, 3.05) is 4.90 Å². The molecule has 7 heteroatoms. The minimum Gasteiger partial charge on any atom is -0.342 e. The van der Waals surface area contributed by atoms with Gasteiger partial charge in [0, 0.05) is 5.69 Å². The fraction of sp³-hybridized carbons (Fsp3) is 0.429. The lowest BCUT2D eigenvalue weighted by molar-refractivity contribution is -0.133. The fourth-order valence-corrected chi connectivity index (χ4v) is 3.05. The monoisotopic (exact) mass is 330 g/mol. The van der Waals surface area contributed by atoms with Gasteiger partial charge in [0.25, 0.3) is 5.91 Å². The summed E-state index contributed by atoms with van der Waals surface area (Å²) >= 11 is 11.6. The van der Waals surface area contributed by atoms with Crippen LogP contribution in [-0.4, -0.2) is 23.9 Å². The molecule has 1 saturated heterocycles. The van der Waals surface area contributed by atoms with E-state index in [9.17, 15) is 14.0 Å². The van der Waals surface area contributed by atoms with Crippen LogP contribution in [0.2, 0.25) is 10.0 Å². The van der Waals surface area contributed by atoms with Crippen LogP contribution >= 0.6 is 23.2 Å². The summed E-state index contributed by atoms with van der Waals surface area (Å²) in [5.74, 6) is -0.989. The molecule has 0 radical (unpaired) electrons. The SMILES string of the molecule is CC1C(=O)NC(C2CC2)C(=O)N1c1cc(Cl)c(F)c(Cl)c1. The molecule has 0 bridgehead atoms. The molecule has 2 atom stereocenters. The van der Waals surface area contributed by atoms with Crippen molar-refractivity contribution in [2.24, 2.45) is 5.92 Å². The Balaban J connectivity index is 2.01. The van der Waals surface area contributed by atoms with Crippen molar-refractivity contribution in [3.8, 4) is 0 Å². The first kappa shape index (κ1) is 14.6. The molecule has 3 rings (SSSR count). The van der Waals surface area contributed by atoms with Gasteiger partial charge in [0.15, 0.2) is 5.82 Å². The van der Waals surface area contributed by atoms with Crippen molar-refractivity contribution in [1.29, 1.82) is 0 Å². The van der Waals surface area contributed by atoms with E-state index in [0.29, 0.717) is 5.69 Å². The zero-order valence-electron chi connectivity index (χ0n) is 11.2. The molecule has 1 saturated carbocycles. The molecular weight excluding hydrogens is 318 g/mol. The highest BCUT2D eigenvalue weighted by molar-refractivity contribution is 6.35. The van der Waals surface area contributed by atoms with Gasteiger partial charge in [-0.1, -0.05) is 23.2 Å². The van der Waals surface area contributed by atoms with E-state index in [4.69, 9.17) is 23.2 Å². The second-order valence-corrected chi connectivity index (χ2v) is 6.25. The molecule has 0 aromatic heterocycles. The highest BCUT2D eigenvalue weighted by Crippen LogP contribution is 2.37. The van der Waals surface area contributed by atoms with E-state index in [-0.39, 0.29) is 27.8 Å². The maximum Gasteiger partial charge on any atom is 0.250 e. The second kappa shape index (κ2) is 5.14. The molecule has 2 amide bonds. The minimum atomic E-state index is -0.734. The van der Waals surface area contributed by atoms with Crippen LogP contribution in [0.3, 0.4) is 0 Å². The summed E-state index contributed by atoms with van der Waals surface area (Å²) in [5, 5.41) is 2.40. The Morgan fingerprint density at radius 3 is 2.33 bits per heavy atom. The van der Waals surface area contributed by atoms with Crippen molar-refractivity contribution < 1.29 is 14.0 Å². The molecule has 2 unspecified atom stereocenters. The smallest absolute Gasteiger partial charge is 0.250 e. The number of anilines is 1. The van der Waals surface area contributed by atoms with E-state index in [0.717, 1.165) is 12.8 Å². The number of nitrogens with zero attached hydrogens (tertiary/aromatic N) is 1. The predicted molar refractivity (Wildman–Crippen MR) is 78.0 cm³/mol. The number of carbonyl (C=O) groups excluding carboxylic acids is 2. The Bertz CT molecular complexity index is 610. The molecule has 4 nitrogen and oxygen atoms in total. The highest BCUT2D eigenvalue weighted by atomic mass is 35.5. The molecule has 1 N–H and O–H groups in total. The van der Waals surface area contributed by atoms with Crippen molar-refractivity contribution in [1.82, 2.24) is 5.32 Å². The van der Waals surface area contributed by atoms with E-state index in [1.54, 1.807) is 6.92 Å². The van der Waals surface area contributed by atoms with Crippen LogP contribution in [0.25, 0.3) is 0 Å². The molecule has 2 aliphatic rings. The Morgan fingerprint density at radius 2 is 1.81 bits per heavy atom. The number of halogens is 3. The third-order valence-electron chi connectivity index (χ3n) is 3.91. The molecule has 1 aromatic carbocycles. The number of rotatable bonds is 2. The topological polar surface area (TPSA) is 49.4 Å². The van der Waals surface area contributed by atoms with Crippen molar-refractivity contribution in [3.05, 3.63) is 28.0 Å². The number of benzene rings is 1. The average Bonchev–Trinajstić information content (AvgIpc) is 3.24. The van der Waals surface area contributed by atoms with Gasteiger partial charge in [-0.2, -0.15) is 0 Å². The van der Waals surface area contributed by atoms with Crippen LogP contribution in [0.1, 0.15) is 19.8 Å². The number of carbonyl (C=O) groups is 2. The van der Waals surface area contributed by atoms with Crippen LogP contribution in [0.15, 0.2) is 12.1 Å². The zero-order chi connectivity index (χ0) is 15.3. The maximum atomic E-state index is 13.5. The minimum absolute atomic E-state index is 0.175. The third kappa shape index (κ3) is 2.49. The van der Waals surface area contributed by atoms with Crippen molar-refractivity contribution in [3.63, 3.8) is 0 Å². The summed E-state index contributed by atoms with van der Waals surface area (Å²) < 4.78 is 13.5. The van der Waals surface area contributed by atoms with Gasteiger partial charge in [0.1, 0.15) is 12.1 Å². The lowest BCUT2D eigenvalue weighted by Gasteiger charge is -2.37. The first-order chi connectivity index (χ1) is 9.90. The molecule has 1 heterocycles. The van der Waals surface area contributed by atoms with Crippen LogP contribution in [0.4, 0.5) is 10.1 Å². The molecule has 1 aliphatic carbocycles. The number of nitrogens with one attached hydrogen (secondary N) is 1. The molecule has 0 spiro atoms. The highest BCUT2D eigenvalue weighted by Gasteiger charge is 2.46. The van der Waals surface area contributed by atoms with E-state index in [1.807, 2.05) is 0 Å². The van der Waals surface area contributed by atoms with E-state index < -0.39 is 17.9 Å². The third-order valence-corrected chi connectivity index (χ3v) is 4.46. The largest absolute Gasteiger partial charge is 0.342 e. The molecule has 1 aliphatic heterocycles. The van der Waals surface area contributed by atoms with Gasteiger partial charge < -0.3 is 5.32 Å². The quantitative estimate of drug-likeness (QED) is 0.847. The van der Waals surface area contributed by atoms with E-state index in [1.165, 1.54) is 17.0 Å². The van der Waals surface area contributed by atoms with Crippen LogP contribution in [-0.2, 0) is 9.59 Å². The summed E-state index contributed by atoms with van der Waals surface area (Å²) in [4.78, 5) is 26.0. The first-order valence-corrected chi connectivity index (χ1v) is 7.43. The van der Waals surface area contributed by atoms with Gasteiger partial charge in [0.05, 0.1) is 10.0 Å². The molecule has 21 heavy (non-hydrogen) atoms. The molecule has 112 valence electrons. The van der Waals surface area contributed by atoms with Crippen LogP contribution in [0.5, 0.6) is 0 Å². The van der Waals surface area contributed by atoms with Gasteiger partial charge in [-0.15, -0.1) is 0 Å².